The largest absolute Gasteiger partial charge is 0.457 e. The van der Waals surface area contributed by atoms with Crippen LogP contribution in [0.15, 0.2) is 78.9 Å². The molecule has 0 aliphatic rings. The lowest BCUT2D eigenvalue weighted by Gasteiger charge is -2.08. The fraction of sp³-hybridized carbons (Fsp3) is 0.130. The summed E-state index contributed by atoms with van der Waals surface area (Å²) >= 11 is 1.34. The quantitative estimate of drug-likeness (QED) is 0.487. The van der Waals surface area contributed by atoms with E-state index in [0.717, 1.165) is 11.3 Å². The number of esters is 1. The monoisotopic (exact) mass is 425 g/mol. The number of carbonyl (C=O) groups excluding carboxylic acids is 2. The molecule has 0 aliphatic carbocycles. The first-order valence-electron chi connectivity index (χ1n) is 9.19. The molecule has 0 heterocycles. The van der Waals surface area contributed by atoms with Crippen LogP contribution in [0, 0.1) is 5.82 Å². The van der Waals surface area contributed by atoms with Gasteiger partial charge in [0, 0.05) is 11.4 Å². The molecule has 5 nitrogen and oxygen atoms in total. The molecule has 7 heteroatoms. The number of carbonyl (C=O) groups is 2. The average molecular weight is 425 g/mol. The van der Waals surface area contributed by atoms with Crippen molar-refractivity contribution in [3.63, 3.8) is 0 Å². The van der Waals surface area contributed by atoms with Gasteiger partial charge < -0.3 is 14.8 Å². The minimum absolute atomic E-state index is 0.107. The second-order valence-electron chi connectivity index (χ2n) is 6.27. The third-order valence-corrected chi connectivity index (χ3v) is 4.86. The van der Waals surface area contributed by atoms with Crippen LogP contribution in [-0.2, 0) is 20.1 Å². The molecule has 154 valence electrons. The first-order valence-corrected chi connectivity index (χ1v) is 10.3. The van der Waals surface area contributed by atoms with Crippen LogP contribution in [0.1, 0.15) is 5.56 Å². The van der Waals surface area contributed by atoms with Crippen LogP contribution in [0.4, 0.5) is 10.1 Å². The second kappa shape index (κ2) is 11.0. The molecule has 0 unspecified atom stereocenters. The number of anilines is 1. The van der Waals surface area contributed by atoms with Crippen LogP contribution in [0.2, 0.25) is 0 Å². The maximum absolute atomic E-state index is 12.9. The molecular weight excluding hydrogens is 405 g/mol. The van der Waals surface area contributed by atoms with Gasteiger partial charge in [-0.05, 0) is 54.1 Å². The van der Waals surface area contributed by atoms with Gasteiger partial charge in [-0.15, -0.1) is 11.8 Å². The van der Waals surface area contributed by atoms with Crippen molar-refractivity contribution in [2.24, 2.45) is 0 Å². The van der Waals surface area contributed by atoms with Gasteiger partial charge in [-0.3, -0.25) is 9.59 Å². The number of hydrogen-bond acceptors (Lipinski definition) is 5. The lowest BCUT2D eigenvalue weighted by atomic mass is 10.2. The summed E-state index contributed by atoms with van der Waals surface area (Å²) in [5.74, 6) is 0.817. The zero-order valence-electron chi connectivity index (χ0n) is 16.0. The fourth-order valence-electron chi connectivity index (χ4n) is 2.45. The Kier molecular flexibility index (Phi) is 7.86. The number of nitrogens with one attached hydrogen (secondary N) is 1. The Morgan fingerprint density at radius 1 is 0.867 bits per heavy atom. The first-order chi connectivity index (χ1) is 14.6. The summed E-state index contributed by atoms with van der Waals surface area (Å²) in [6.45, 7) is -0.363. The number of ether oxygens (including phenoxy) is 2. The molecule has 1 amide bonds. The van der Waals surface area contributed by atoms with Gasteiger partial charge in [0.1, 0.15) is 17.3 Å². The Labute approximate surface area is 178 Å². The van der Waals surface area contributed by atoms with E-state index in [4.69, 9.17) is 9.47 Å². The number of thioether (sulfide) groups is 1. The minimum atomic E-state index is -0.483. The molecule has 0 saturated heterocycles. The van der Waals surface area contributed by atoms with Crippen LogP contribution >= 0.6 is 11.8 Å². The van der Waals surface area contributed by atoms with Crippen LogP contribution in [0.25, 0.3) is 0 Å². The SMILES string of the molecule is O=C(COC(=O)CSCc1ccc(F)cc1)Nc1ccc(Oc2ccccc2)cc1. The van der Waals surface area contributed by atoms with Crippen LogP contribution in [0.3, 0.4) is 0 Å². The number of para-hydroxylation sites is 1. The Hall–Kier alpha value is -3.32. The summed E-state index contributed by atoms with van der Waals surface area (Å²) in [6.07, 6.45) is 0. The minimum Gasteiger partial charge on any atom is -0.457 e. The summed E-state index contributed by atoms with van der Waals surface area (Å²) in [6, 6.07) is 22.3. The van der Waals surface area contributed by atoms with Gasteiger partial charge in [-0.1, -0.05) is 30.3 Å². The van der Waals surface area contributed by atoms with Gasteiger partial charge in [0.15, 0.2) is 6.61 Å². The van der Waals surface area contributed by atoms with E-state index in [1.165, 1.54) is 23.9 Å². The normalized spacial score (nSPS) is 10.3. The van der Waals surface area contributed by atoms with Crippen molar-refractivity contribution in [1.29, 1.82) is 0 Å². The molecule has 3 rings (SSSR count). The summed E-state index contributed by atoms with van der Waals surface area (Å²) < 4.78 is 23.5. The highest BCUT2D eigenvalue weighted by Crippen LogP contribution is 2.22. The number of benzene rings is 3. The molecule has 0 aliphatic heterocycles. The first kappa shape index (κ1) is 21.4. The third kappa shape index (κ3) is 7.25. The third-order valence-electron chi connectivity index (χ3n) is 3.88. The Balaban J connectivity index is 1.35. The van der Waals surface area contributed by atoms with E-state index in [-0.39, 0.29) is 18.2 Å². The maximum atomic E-state index is 12.9. The number of hydrogen-bond donors (Lipinski definition) is 1. The predicted molar refractivity (Wildman–Crippen MR) is 115 cm³/mol. The van der Waals surface area contributed by atoms with E-state index in [0.29, 0.717) is 17.2 Å². The molecule has 0 spiro atoms. The van der Waals surface area contributed by atoms with Crippen molar-refractivity contribution in [2.45, 2.75) is 5.75 Å². The van der Waals surface area contributed by atoms with Crippen molar-refractivity contribution in [3.8, 4) is 11.5 Å². The molecule has 0 radical (unpaired) electrons. The maximum Gasteiger partial charge on any atom is 0.316 e. The Morgan fingerprint density at radius 2 is 1.53 bits per heavy atom. The summed E-state index contributed by atoms with van der Waals surface area (Å²) in [5.41, 5.74) is 1.48. The highest BCUT2D eigenvalue weighted by atomic mass is 32.2. The molecule has 0 fully saturated rings. The molecule has 0 aromatic heterocycles. The molecular formula is C23H20FNO4S. The van der Waals surface area contributed by atoms with Gasteiger partial charge in [0.05, 0.1) is 5.75 Å². The molecule has 3 aromatic rings. The highest BCUT2D eigenvalue weighted by Gasteiger charge is 2.09. The average Bonchev–Trinajstić information content (AvgIpc) is 2.76. The fourth-order valence-corrected chi connectivity index (χ4v) is 3.23. The lowest BCUT2D eigenvalue weighted by molar-refractivity contribution is -0.144. The molecule has 1 N–H and O–H groups in total. The second-order valence-corrected chi connectivity index (χ2v) is 7.25. The van der Waals surface area contributed by atoms with E-state index in [1.807, 2.05) is 30.3 Å². The van der Waals surface area contributed by atoms with Gasteiger partial charge in [0.2, 0.25) is 0 Å². The molecule has 0 saturated carbocycles. The van der Waals surface area contributed by atoms with Crippen molar-refractivity contribution in [1.82, 2.24) is 0 Å². The van der Waals surface area contributed by atoms with Gasteiger partial charge in [-0.25, -0.2) is 4.39 Å². The van der Waals surface area contributed by atoms with Crippen molar-refractivity contribution in [3.05, 3.63) is 90.2 Å². The molecule has 0 bridgehead atoms. The number of rotatable bonds is 9. The molecule has 3 aromatic carbocycles. The summed E-state index contributed by atoms with van der Waals surface area (Å²) in [4.78, 5) is 23.7. The summed E-state index contributed by atoms with van der Waals surface area (Å²) in [5, 5.41) is 2.66. The summed E-state index contributed by atoms with van der Waals surface area (Å²) in [7, 11) is 0. The van der Waals surface area contributed by atoms with Crippen molar-refractivity contribution < 1.29 is 23.5 Å². The zero-order chi connectivity index (χ0) is 21.2. The van der Waals surface area contributed by atoms with E-state index < -0.39 is 11.9 Å². The topological polar surface area (TPSA) is 64.6 Å². The zero-order valence-corrected chi connectivity index (χ0v) is 16.9. The highest BCUT2D eigenvalue weighted by molar-refractivity contribution is 7.99. The van der Waals surface area contributed by atoms with E-state index in [1.54, 1.807) is 36.4 Å². The Morgan fingerprint density at radius 3 is 2.23 bits per heavy atom. The van der Waals surface area contributed by atoms with E-state index in [9.17, 15) is 14.0 Å². The standard InChI is InChI=1S/C23H20FNO4S/c24-18-8-6-17(7-9-18)15-30-16-23(27)28-14-22(26)25-19-10-12-21(13-11-19)29-20-4-2-1-3-5-20/h1-13H,14-16H2,(H,25,26). The van der Waals surface area contributed by atoms with Crippen molar-refractivity contribution >= 4 is 29.3 Å². The Bertz CT molecular complexity index is 963. The van der Waals surface area contributed by atoms with Gasteiger partial charge >= 0.3 is 5.97 Å². The lowest BCUT2D eigenvalue weighted by Crippen LogP contribution is -2.21. The smallest absolute Gasteiger partial charge is 0.316 e. The van der Waals surface area contributed by atoms with Crippen LogP contribution in [-0.4, -0.2) is 24.2 Å². The van der Waals surface area contributed by atoms with Crippen molar-refractivity contribution in [2.75, 3.05) is 17.7 Å². The predicted octanol–water partition coefficient (Wildman–Crippen LogP) is 5.03. The molecule has 30 heavy (non-hydrogen) atoms. The van der Waals surface area contributed by atoms with E-state index >= 15 is 0 Å². The van der Waals surface area contributed by atoms with Crippen LogP contribution < -0.4 is 10.1 Å². The number of halogens is 1. The molecule has 0 atom stereocenters. The van der Waals surface area contributed by atoms with Gasteiger partial charge in [0.25, 0.3) is 5.91 Å². The number of amides is 1. The van der Waals surface area contributed by atoms with Gasteiger partial charge in [-0.2, -0.15) is 0 Å². The van der Waals surface area contributed by atoms with E-state index in [2.05, 4.69) is 5.32 Å². The van der Waals surface area contributed by atoms with Crippen LogP contribution in [0.5, 0.6) is 11.5 Å².